The van der Waals surface area contributed by atoms with Crippen LogP contribution in [0.2, 0.25) is 0 Å². The quantitative estimate of drug-likeness (QED) is 0.715. The Kier molecular flexibility index (Phi) is 9.01. The molecule has 0 aromatic heterocycles. The zero-order chi connectivity index (χ0) is 18.7. The third-order valence-corrected chi connectivity index (χ3v) is 3.90. The molecule has 0 fully saturated rings. The minimum absolute atomic E-state index is 0.0796. The zero-order valence-corrected chi connectivity index (χ0v) is 14.9. The summed E-state index contributed by atoms with van der Waals surface area (Å²) in [5, 5.41) is 18.6. The fourth-order valence-electron chi connectivity index (χ4n) is 2.54. The van der Waals surface area contributed by atoms with Gasteiger partial charge in [0.1, 0.15) is 11.5 Å². The number of aldehydes is 2. The summed E-state index contributed by atoms with van der Waals surface area (Å²) in [6.07, 6.45) is 6.24. The minimum Gasteiger partial charge on any atom is -0.507 e. The van der Waals surface area contributed by atoms with Gasteiger partial charge in [-0.25, -0.2) is 0 Å². The van der Waals surface area contributed by atoms with Gasteiger partial charge < -0.3 is 10.2 Å². The van der Waals surface area contributed by atoms with Crippen LogP contribution < -0.4 is 0 Å². The number of unbranched alkanes of at least 4 members (excludes halogenated alkanes) is 1. The largest absolute Gasteiger partial charge is 0.507 e. The molecule has 0 unspecified atom stereocenters. The lowest BCUT2D eigenvalue weighted by molar-refractivity contribution is 0.111. The molecule has 2 aromatic carbocycles. The summed E-state index contributed by atoms with van der Waals surface area (Å²) < 4.78 is 0. The molecule has 2 aromatic rings. The van der Waals surface area contributed by atoms with Gasteiger partial charge in [0.15, 0.2) is 12.6 Å². The van der Waals surface area contributed by atoms with Gasteiger partial charge in [-0.3, -0.25) is 9.59 Å². The highest BCUT2D eigenvalue weighted by molar-refractivity contribution is 5.81. The molecular weight excluding hydrogens is 316 g/mol. The first kappa shape index (κ1) is 20.4. The Morgan fingerprint density at radius 3 is 1.64 bits per heavy atom. The van der Waals surface area contributed by atoms with Crippen LogP contribution in [-0.4, -0.2) is 22.8 Å². The zero-order valence-electron chi connectivity index (χ0n) is 14.9. The molecule has 0 saturated carbocycles. The van der Waals surface area contributed by atoms with Crippen molar-refractivity contribution in [1.82, 2.24) is 0 Å². The van der Waals surface area contributed by atoms with E-state index in [-0.39, 0.29) is 11.5 Å². The molecule has 2 N–H and O–H groups in total. The van der Waals surface area contributed by atoms with Gasteiger partial charge in [0.25, 0.3) is 0 Å². The van der Waals surface area contributed by atoms with E-state index in [9.17, 15) is 19.8 Å². The van der Waals surface area contributed by atoms with Gasteiger partial charge in [-0.1, -0.05) is 51.0 Å². The van der Waals surface area contributed by atoms with Crippen molar-refractivity contribution in [3.8, 4) is 11.5 Å². The van der Waals surface area contributed by atoms with Crippen molar-refractivity contribution in [1.29, 1.82) is 0 Å². The van der Waals surface area contributed by atoms with Crippen molar-refractivity contribution in [3.05, 3.63) is 58.7 Å². The van der Waals surface area contributed by atoms with Crippen molar-refractivity contribution in [2.24, 2.45) is 0 Å². The van der Waals surface area contributed by atoms with Crippen molar-refractivity contribution in [3.63, 3.8) is 0 Å². The second-order valence-electron chi connectivity index (χ2n) is 5.79. The molecule has 0 aliphatic carbocycles. The van der Waals surface area contributed by atoms with Gasteiger partial charge >= 0.3 is 0 Å². The van der Waals surface area contributed by atoms with E-state index in [1.54, 1.807) is 18.2 Å². The van der Waals surface area contributed by atoms with Crippen LogP contribution in [0.15, 0.2) is 36.4 Å². The first-order valence-electron chi connectivity index (χ1n) is 8.61. The van der Waals surface area contributed by atoms with Gasteiger partial charge in [0, 0.05) is 0 Å². The number of benzene rings is 2. The summed E-state index contributed by atoms with van der Waals surface area (Å²) in [6.45, 7) is 4.14. The van der Waals surface area contributed by atoms with Crippen LogP contribution in [0.5, 0.6) is 11.5 Å². The molecule has 134 valence electrons. The Morgan fingerprint density at radius 2 is 1.24 bits per heavy atom. The van der Waals surface area contributed by atoms with E-state index in [4.69, 9.17) is 0 Å². The highest BCUT2D eigenvalue weighted by Gasteiger charge is 2.05. The highest BCUT2D eigenvalue weighted by atomic mass is 16.3. The van der Waals surface area contributed by atoms with Gasteiger partial charge in [-0.2, -0.15) is 0 Å². The standard InChI is InChI=1S/C11H14O2.C10H12O2/c1-2-3-5-9-6-4-7-11(13)10(9)8-12;1-2-4-8-5-3-6-10(12)9(8)7-11/h4,6-8,13H,2-3,5H2,1H3;3,5-7,12H,2,4H2,1H3. The van der Waals surface area contributed by atoms with Gasteiger partial charge in [0.05, 0.1) is 11.1 Å². The van der Waals surface area contributed by atoms with E-state index in [2.05, 4.69) is 6.92 Å². The van der Waals surface area contributed by atoms with Gasteiger partial charge in [-0.15, -0.1) is 0 Å². The van der Waals surface area contributed by atoms with Crippen molar-refractivity contribution >= 4 is 12.6 Å². The SMILES string of the molecule is CCCCc1cccc(O)c1C=O.CCCc1cccc(O)c1C=O. The number of phenolic OH excluding ortho intramolecular Hbond substituents is 2. The number of rotatable bonds is 7. The Morgan fingerprint density at radius 1 is 0.760 bits per heavy atom. The lowest BCUT2D eigenvalue weighted by Gasteiger charge is -2.04. The predicted octanol–water partition coefficient (Wildman–Crippen LogP) is 4.70. The van der Waals surface area contributed by atoms with Crippen molar-refractivity contribution in [2.75, 3.05) is 0 Å². The molecule has 0 radical (unpaired) electrons. The minimum atomic E-state index is 0.0796. The second kappa shape index (κ2) is 11.0. The Hall–Kier alpha value is -2.62. The first-order valence-corrected chi connectivity index (χ1v) is 8.61. The van der Waals surface area contributed by atoms with E-state index in [0.29, 0.717) is 17.4 Å². The molecule has 0 amide bonds. The molecule has 4 heteroatoms. The molecule has 0 spiro atoms. The second-order valence-corrected chi connectivity index (χ2v) is 5.79. The molecule has 25 heavy (non-hydrogen) atoms. The van der Waals surface area contributed by atoms with Crippen LogP contribution in [0, 0.1) is 0 Å². The number of aromatic hydroxyl groups is 2. The average molecular weight is 342 g/mol. The van der Waals surface area contributed by atoms with Crippen LogP contribution in [0.25, 0.3) is 0 Å². The molecular formula is C21H26O4. The molecule has 0 aliphatic rings. The third kappa shape index (κ3) is 6.07. The lowest BCUT2D eigenvalue weighted by atomic mass is 10.0. The number of aryl methyl sites for hydroxylation is 2. The van der Waals surface area contributed by atoms with E-state index in [1.165, 1.54) is 6.07 Å². The van der Waals surface area contributed by atoms with E-state index in [1.807, 2.05) is 19.1 Å². The average Bonchev–Trinajstić information content (AvgIpc) is 2.61. The van der Waals surface area contributed by atoms with E-state index in [0.717, 1.165) is 49.5 Å². The Labute approximate surface area is 149 Å². The number of hydrogen-bond acceptors (Lipinski definition) is 4. The molecule has 2 rings (SSSR count). The Balaban J connectivity index is 0.000000251. The molecule has 0 saturated heterocycles. The maximum Gasteiger partial charge on any atom is 0.154 e. The maximum absolute atomic E-state index is 10.7. The summed E-state index contributed by atoms with van der Waals surface area (Å²) in [4.78, 5) is 21.2. The van der Waals surface area contributed by atoms with E-state index >= 15 is 0 Å². The smallest absolute Gasteiger partial charge is 0.154 e. The van der Waals surface area contributed by atoms with Crippen molar-refractivity contribution in [2.45, 2.75) is 46.0 Å². The van der Waals surface area contributed by atoms with Crippen LogP contribution in [-0.2, 0) is 12.8 Å². The molecule has 0 atom stereocenters. The predicted molar refractivity (Wildman–Crippen MR) is 99.6 cm³/mol. The van der Waals surface area contributed by atoms with Crippen LogP contribution in [0.4, 0.5) is 0 Å². The number of carbonyl (C=O) groups excluding carboxylic acids is 2. The Bertz CT molecular complexity index is 692. The monoisotopic (exact) mass is 342 g/mol. The van der Waals surface area contributed by atoms with E-state index < -0.39 is 0 Å². The van der Waals surface area contributed by atoms with Crippen LogP contribution in [0.1, 0.15) is 65.0 Å². The summed E-state index contributed by atoms with van der Waals surface area (Å²) in [5.41, 5.74) is 2.74. The van der Waals surface area contributed by atoms with Gasteiger partial charge in [-0.05, 0) is 42.5 Å². The van der Waals surface area contributed by atoms with Crippen LogP contribution >= 0.6 is 0 Å². The lowest BCUT2D eigenvalue weighted by Crippen LogP contribution is -1.92. The molecule has 0 heterocycles. The number of hydrogen-bond donors (Lipinski definition) is 2. The third-order valence-electron chi connectivity index (χ3n) is 3.90. The fraction of sp³-hybridized carbons (Fsp3) is 0.333. The first-order chi connectivity index (χ1) is 12.1. The summed E-state index contributed by atoms with van der Waals surface area (Å²) in [7, 11) is 0. The highest BCUT2D eigenvalue weighted by Crippen LogP contribution is 2.20. The summed E-state index contributed by atoms with van der Waals surface area (Å²) in [5.74, 6) is 0.166. The van der Waals surface area contributed by atoms with Gasteiger partial charge in [0.2, 0.25) is 0 Å². The molecule has 4 nitrogen and oxygen atoms in total. The van der Waals surface area contributed by atoms with Crippen LogP contribution in [0.3, 0.4) is 0 Å². The molecule has 0 aliphatic heterocycles. The maximum atomic E-state index is 10.7. The normalized spacial score (nSPS) is 9.84. The summed E-state index contributed by atoms with van der Waals surface area (Å²) >= 11 is 0. The topological polar surface area (TPSA) is 74.6 Å². The number of carbonyl (C=O) groups is 2. The fourth-order valence-corrected chi connectivity index (χ4v) is 2.54. The number of phenols is 2. The van der Waals surface area contributed by atoms with Crippen molar-refractivity contribution < 1.29 is 19.8 Å². The summed E-state index contributed by atoms with van der Waals surface area (Å²) in [6, 6.07) is 10.4. The molecule has 0 bridgehead atoms.